The van der Waals surface area contributed by atoms with E-state index in [1.165, 1.54) is 18.6 Å². The van der Waals surface area contributed by atoms with Crippen molar-refractivity contribution in [2.24, 2.45) is 0 Å². The van der Waals surface area contributed by atoms with Crippen molar-refractivity contribution in [1.82, 2.24) is 14.9 Å². The number of nitriles is 1. The van der Waals surface area contributed by atoms with Gasteiger partial charge >= 0.3 is 12.1 Å². The molecule has 13 heteroatoms. The van der Waals surface area contributed by atoms with Gasteiger partial charge in [-0.2, -0.15) is 18.4 Å². The molecule has 0 radical (unpaired) electrons. The number of fused-ring (bicyclic) bond motifs is 1. The molecular formula is C26H25F5N6O2. The second-order valence-electron chi connectivity index (χ2n) is 9.29. The minimum Gasteiger partial charge on any atom is -0.475 e. The van der Waals surface area contributed by atoms with Crippen LogP contribution in [-0.2, 0) is 11.3 Å². The molecule has 0 unspecified atom stereocenters. The molecule has 2 aromatic carbocycles. The van der Waals surface area contributed by atoms with Gasteiger partial charge in [0.1, 0.15) is 11.6 Å². The SMILES string of the molecule is N#Cc1ccc2nc(NC3CCC3)c(N3CCN(Cc4cc(F)ccc4F)CC3)nc2c1.O=C(O)C(F)(F)F. The standard InChI is InChI=1S/C24H24F2N6.C2HF3O2/c25-18-5-6-20(26)17(13-18)15-31-8-10-32(11-9-31)24-23(28-19-2-1-3-19)29-21-7-4-16(14-27)12-22(21)30-24;3-2(4,5)1(6)7/h4-7,12-13,19H,1-3,8-11,15H2,(H,28,29);(H,6,7). The van der Waals surface area contributed by atoms with Crippen molar-refractivity contribution in [2.45, 2.75) is 38.0 Å². The fourth-order valence-electron chi connectivity index (χ4n) is 4.20. The first-order valence-electron chi connectivity index (χ1n) is 12.2. The summed E-state index contributed by atoms with van der Waals surface area (Å²) in [5, 5.41) is 19.9. The van der Waals surface area contributed by atoms with E-state index in [0.29, 0.717) is 55.4 Å². The van der Waals surface area contributed by atoms with Crippen LogP contribution < -0.4 is 10.2 Å². The molecule has 2 fully saturated rings. The van der Waals surface area contributed by atoms with E-state index in [0.717, 1.165) is 36.1 Å². The summed E-state index contributed by atoms with van der Waals surface area (Å²) >= 11 is 0. The summed E-state index contributed by atoms with van der Waals surface area (Å²) in [5.74, 6) is -2.00. The molecule has 0 spiro atoms. The van der Waals surface area contributed by atoms with Crippen molar-refractivity contribution < 1.29 is 31.9 Å². The predicted molar refractivity (Wildman–Crippen MR) is 133 cm³/mol. The molecule has 2 heterocycles. The molecule has 0 amide bonds. The largest absolute Gasteiger partial charge is 0.490 e. The Morgan fingerprint density at radius 3 is 2.33 bits per heavy atom. The normalized spacial score (nSPS) is 16.2. The van der Waals surface area contributed by atoms with Crippen molar-refractivity contribution in [3.05, 3.63) is 59.2 Å². The van der Waals surface area contributed by atoms with Gasteiger partial charge in [0.15, 0.2) is 11.6 Å². The number of nitrogens with one attached hydrogen (secondary N) is 1. The number of hydrogen-bond donors (Lipinski definition) is 2. The first kappa shape index (κ1) is 28.0. The molecular weight excluding hydrogens is 523 g/mol. The molecule has 1 aliphatic carbocycles. The summed E-state index contributed by atoms with van der Waals surface area (Å²) in [6.07, 6.45) is -1.62. The summed E-state index contributed by atoms with van der Waals surface area (Å²) < 4.78 is 59.3. The Bertz CT molecular complexity index is 1380. The molecule has 1 aliphatic heterocycles. The number of aromatic nitrogens is 2. The Hall–Kier alpha value is -4.05. The first-order valence-corrected chi connectivity index (χ1v) is 12.2. The number of anilines is 2. The third-order valence-electron chi connectivity index (χ3n) is 6.54. The van der Waals surface area contributed by atoms with E-state index in [1.54, 1.807) is 12.1 Å². The molecule has 0 bridgehead atoms. The lowest BCUT2D eigenvalue weighted by Gasteiger charge is -2.37. The first-order chi connectivity index (χ1) is 18.5. The van der Waals surface area contributed by atoms with E-state index in [9.17, 15) is 27.2 Å². The van der Waals surface area contributed by atoms with E-state index < -0.39 is 18.0 Å². The van der Waals surface area contributed by atoms with Gasteiger partial charge in [-0.3, -0.25) is 4.90 Å². The zero-order chi connectivity index (χ0) is 28.2. The quantitative estimate of drug-likeness (QED) is 0.442. The molecule has 1 aromatic heterocycles. The van der Waals surface area contributed by atoms with E-state index in [1.807, 2.05) is 6.07 Å². The number of benzene rings is 2. The molecule has 3 aromatic rings. The highest BCUT2D eigenvalue weighted by atomic mass is 19.4. The number of piperazine rings is 1. The van der Waals surface area contributed by atoms with Crippen LogP contribution in [0.3, 0.4) is 0 Å². The molecule has 39 heavy (non-hydrogen) atoms. The summed E-state index contributed by atoms with van der Waals surface area (Å²) in [5.41, 5.74) is 2.39. The van der Waals surface area contributed by atoms with Crippen LogP contribution in [0.2, 0.25) is 0 Å². The topological polar surface area (TPSA) is 105 Å². The number of halogens is 5. The fourth-order valence-corrected chi connectivity index (χ4v) is 4.20. The molecule has 0 atom stereocenters. The van der Waals surface area contributed by atoms with Crippen molar-refractivity contribution in [3.63, 3.8) is 0 Å². The number of aliphatic carboxylic acids is 1. The van der Waals surface area contributed by atoms with Gasteiger partial charge in [0.25, 0.3) is 0 Å². The van der Waals surface area contributed by atoms with Crippen LogP contribution in [0.5, 0.6) is 0 Å². The summed E-state index contributed by atoms with van der Waals surface area (Å²) in [6, 6.07) is 11.5. The Morgan fingerprint density at radius 2 is 1.74 bits per heavy atom. The van der Waals surface area contributed by atoms with Crippen LogP contribution in [0.25, 0.3) is 11.0 Å². The van der Waals surface area contributed by atoms with Gasteiger partial charge in [-0.15, -0.1) is 0 Å². The Labute approximate surface area is 220 Å². The van der Waals surface area contributed by atoms with Gasteiger partial charge in [-0.25, -0.2) is 23.5 Å². The van der Waals surface area contributed by atoms with Crippen molar-refractivity contribution in [3.8, 4) is 6.07 Å². The summed E-state index contributed by atoms with van der Waals surface area (Å²) in [4.78, 5) is 22.9. The zero-order valence-corrected chi connectivity index (χ0v) is 20.7. The van der Waals surface area contributed by atoms with Crippen LogP contribution >= 0.6 is 0 Å². The lowest BCUT2D eigenvalue weighted by molar-refractivity contribution is -0.192. The smallest absolute Gasteiger partial charge is 0.475 e. The maximum Gasteiger partial charge on any atom is 0.490 e. The highest BCUT2D eigenvalue weighted by Gasteiger charge is 2.38. The number of nitrogens with zero attached hydrogens (tertiary/aromatic N) is 5. The van der Waals surface area contributed by atoms with Crippen molar-refractivity contribution in [2.75, 3.05) is 36.4 Å². The number of alkyl halides is 3. The lowest BCUT2D eigenvalue weighted by Crippen LogP contribution is -2.46. The van der Waals surface area contributed by atoms with Crippen molar-refractivity contribution in [1.29, 1.82) is 5.26 Å². The van der Waals surface area contributed by atoms with Gasteiger partial charge in [-0.1, -0.05) is 0 Å². The molecule has 206 valence electrons. The average Bonchev–Trinajstić information content (AvgIpc) is 2.88. The summed E-state index contributed by atoms with van der Waals surface area (Å²) in [7, 11) is 0. The molecule has 2 aliphatic rings. The van der Waals surface area contributed by atoms with Crippen LogP contribution in [-0.4, -0.2) is 64.3 Å². The lowest BCUT2D eigenvalue weighted by atomic mass is 9.93. The van der Waals surface area contributed by atoms with Gasteiger partial charge < -0.3 is 15.3 Å². The van der Waals surface area contributed by atoms with E-state index in [2.05, 4.69) is 21.2 Å². The zero-order valence-electron chi connectivity index (χ0n) is 20.7. The van der Waals surface area contributed by atoms with Crippen LogP contribution in [0.15, 0.2) is 36.4 Å². The van der Waals surface area contributed by atoms with Crippen molar-refractivity contribution >= 4 is 28.6 Å². The number of rotatable bonds is 5. The van der Waals surface area contributed by atoms with Gasteiger partial charge in [0.2, 0.25) is 0 Å². The van der Waals surface area contributed by atoms with E-state index in [-0.39, 0.29) is 5.82 Å². The summed E-state index contributed by atoms with van der Waals surface area (Å²) in [6.45, 7) is 3.19. The third kappa shape index (κ3) is 7.08. The fraction of sp³-hybridized carbons (Fsp3) is 0.385. The highest BCUT2D eigenvalue weighted by molar-refractivity contribution is 5.82. The molecule has 2 N–H and O–H groups in total. The minimum atomic E-state index is -5.08. The molecule has 8 nitrogen and oxygen atoms in total. The Morgan fingerprint density at radius 1 is 1.05 bits per heavy atom. The number of carboxylic acids is 1. The van der Waals surface area contributed by atoms with Gasteiger partial charge in [-0.05, 0) is 55.7 Å². The maximum absolute atomic E-state index is 14.0. The molecule has 5 rings (SSSR count). The number of hydrogen-bond acceptors (Lipinski definition) is 7. The van der Waals surface area contributed by atoms with E-state index in [4.69, 9.17) is 19.9 Å². The Kier molecular flexibility index (Phi) is 8.44. The number of carboxylic acid groups (broad SMARTS) is 1. The highest BCUT2D eigenvalue weighted by Crippen LogP contribution is 2.31. The second kappa shape index (κ2) is 11.8. The van der Waals surface area contributed by atoms with E-state index >= 15 is 0 Å². The Balaban J connectivity index is 0.000000448. The number of carbonyl (C=O) groups is 1. The monoisotopic (exact) mass is 548 g/mol. The van der Waals surface area contributed by atoms with Gasteiger partial charge in [0, 0.05) is 44.3 Å². The van der Waals surface area contributed by atoms with Crippen LogP contribution in [0.4, 0.5) is 33.6 Å². The average molecular weight is 549 g/mol. The predicted octanol–water partition coefficient (Wildman–Crippen LogP) is 4.70. The second-order valence-corrected chi connectivity index (χ2v) is 9.29. The third-order valence-corrected chi connectivity index (χ3v) is 6.54. The maximum atomic E-state index is 14.0. The van der Waals surface area contributed by atoms with Gasteiger partial charge in [0.05, 0.1) is 22.7 Å². The molecule has 1 saturated carbocycles. The molecule has 1 saturated heterocycles. The van der Waals surface area contributed by atoms with Crippen LogP contribution in [0, 0.1) is 23.0 Å². The minimum absolute atomic E-state index is 0.375. The van der Waals surface area contributed by atoms with Crippen LogP contribution in [0.1, 0.15) is 30.4 Å².